The molecule has 202 valence electrons. The number of benzene rings is 1. The first kappa shape index (κ1) is 27.6. The van der Waals surface area contributed by atoms with Crippen LogP contribution in [0.15, 0.2) is 34.8 Å². The molecule has 3 aromatic heterocycles. The number of aromatic nitrogens is 3. The van der Waals surface area contributed by atoms with Crippen molar-refractivity contribution in [3.05, 3.63) is 67.2 Å². The van der Waals surface area contributed by atoms with Gasteiger partial charge in [0.25, 0.3) is 5.91 Å². The second kappa shape index (κ2) is 9.91. The van der Waals surface area contributed by atoms with E-state index in [1.807, 2.05) is 0 Å². The number of hydrogen-bond donors (Lipinski definition) is 1. The van der Waals surface area contributed by atoms with Gasteiger partial charge < -0.3 is 5.32 Å². The van der Waals surface area contributed by atoms with Crippen LogP contribution in [0.25, 0.3) is 16.9 Å². The van der Waals surface area contributed by atoms with E-state index in [9.17, 15) is 23.2 Å². The summed E-state index contributed by atoms with van der Waals surface area (Å²) in [5.74, 6) is -0.385. The minimum atomic E-state index is -4.79. The third-order valence-electron chi connectivity index (χ3n) is 7.01. The highest BCUT2D eigenvalue weighted by atomic mass is 79.9. The third kappa shape index (κ3) is 5.17. The zero-order chi connectivity index (χ0) is 28.3. The Morgan fingerprint density at radius 3 is 2.56 bits per heavy atom. The first-order valence-electron chi connectivity index (χ1n) is 12.1. The number of alkyl halides is 3. The van der Waals surface area contributed by atoms with Crippen molar-refractivity contribution in [1.29, 1.82) is 5.26 Å². The van der Waals surface area contributed by atoms with Crippen molar-refractivity contribution >= 4 is 55.4 Å². The molecule has 39 heavy (non-hydrogen) atoms. The van der Waals surface area contributed by atoms with Crippen molar-refractivity contribution in [2.24, 2.45) is 11.3 Å². The van der Waals surface area contributed by atoms with Gasteiger partial charge in [0.15, 0.2) is 17.0 Å². The van der Waals surface area contributed by atoms with Gasteiger partial charge in [0.2, 0.25) is 0 Å². The van der Waals surface area contributed by atoms with E-state index in [1.165, 1.54) is 11.3 Å². The van der Waals surface area contributed by atoms with E-state index in [-0.39, 0.29) is 21.8 Å². The summed E-state index contributed by atoms with van der Waals surface area (Å²) in [7, 11) is 0. The molecule has 1 aromatic carbocycles. The molecule has 1 aliphatic rings. The van der Waals surface area contributed by atoms with Crippen LogP contribution in [-0.4, -0.2) is 20.5 Å². The van der Waals surface area contributed by atoms with Crippen LogP contribution in [0.1, 0.15) is 59.4 Å². The second-order valence-corrected chi connectivity index (χ2v) is 12.9. The first-order valence-corrected chi connectivity index (χ1v) is 14.0. The quantitative estimate of drug-likeness (QED) is 0.246. The topological polar surface area (TPSA) is 83.1 Å². The molecule has 5 rings (SSSR count). The lowest BCUT2D eigenvalue weighted by atomic mass is 9.72. The molecule has 1 N–H and O–H groups in total. The SMILES string of the molecule is CC(C)(C)[C@H]1CCc2c(sc(NC(=O)c3nn4c(C(F)(F)F)cc(-c5ccc(Br)cc5)nc4c3Cl)c2C#N)C1. The predicted molar refractivity (Wildman–Crippen MR) is 148 cm³/mol. The molecule has 0 bridgehead atoms. The average Bonchev–Trinajstić information content (AvgIpc) is 3.39. The number of amides is 1. The summed E-state index contributed by atoms with van der Waals surface area (Å²) in [4.78, 5) is 18.6. The largest absolute Gasteiger partial charge is 0.433 e. The monoisotopic (exact) mass is 635 g/mol. The van der Waals surface area contributed by atoms with E-state index >= 15 is 0 Å². The van der Waals surface area contributed by atoms with Crippen LogP contribution in [-0.2, 0) is 19.0 Å². The summed E-state index contributed by atoms with van der Waals surface area (Å²) in [6, 6.07) is 9.66. The Morgan fingerprint density at radius 1 is 1.26 bits per heavy atom. The molecule has 0 saturated carbocycles. The molecule has 0 saturated heterocycles. The molecule has 0 spiro atoms. The van der Waals surface area contributed by atoms with E-state index in [0.717, 1.165) is 40.2 Å². The van der Waals surface area contributed by atoms with Crippen molar-refractivity contribution in [2.75, 3.05) is 5.32 Å². The molecule has 3 heterocycles. The van der Waals surface area contributed by atoms with Crippen molar-refractivity contribution in [1.82, 2.24) is 14.6 Å². The zero-order valence-corrected chi connectivity index (χ0v) is 24.2. The second-order valence-electron chi connectivity index (χ2n) is 10.5. The number of halogens is 5. The molecule has 6 nitrogen and oxygen atoms in total. The van der Waals surface area contributed by atoms with Gasteiger partial charge in [-0.3, -0.25) is 4.79 Å². The molecule has 0 unspecified atom stereocenters. The Hall–Kier alpha value is -2.94. The van der Waals surface area contributed by atoms with Crippen LogP contribution in [0.4, 0.5) is 18.2 Å². The molecule has 0 radical (unpaired) electrons. The summed E-state index contributed by atoms with van der Waals surface area (Å²) in [5, 5.41) is 16.5. The molecule has 0 aliphatic heterocycles. The van der Waals surface area contributed by atoms with Gasteiger partial charge in [-0.05, 0) is 54.4 Å². The van der Waals surface area contributed by atoms with Crippen molar-refractivity contribution in [3.8, 4) is 17.3 Å². The van der Waals surface area contributed by atoms with Crippen molar-refractivity contribution in [3.63, 3.8) is 0 Å². The number of carbonyl (C=O) groups is 1. The summed E-state index contributed by atoms with van der Waals surface area (Å²) in [6.45, 7) is 6.54. The Labute approximate surface area is 239 Å². The zero-order valence-electron chi connectivity index (χ0n) is 21.1. The van der Waals surface area contributed by atoms with Crippen LogP contribution in [0, 0.1) is 22.7 Å². The fourth-order valence-electron chi connectivity index (χ4n) is 4.80. The van der Waals surface area contributed by atoms with Gasteiger partial charge in [-0.25, -0.2) is 9.50 Å². The van der Waals surface area contributed by atoms with E-state index < -0.39 is 23.5 Å². The number of anilines is 1. The highest BCUT2D eigenvalue weighted by molar-refractivity contribution is 9.10. The van der Waals surface area contributed by atoms with E-state index in [2.05, 4.69) is 58.2 Å². The van der Waals surface area contributed by atoms with Gasteiger partial charge in [0, 0.05) is 14.9 Å². The molecular formula is C27H22BrClF3N5OS. The number of nitrogens with one attached hydrogen (secondary N) is 1. The van der Waals surface area contributed by atoms with Crippen molar-refractivity contribution < 1.29 is 18.0 Å². The van der Waals surface area contributed by atoms with Gasteiger partial charge in [-0.2, -0.15) is 23.5 Å². The molecule has 1 amide bonds. The van der Waals surface area contributed by atoms with Gasteiger partial charge in [0.1, 0.15) is 16.1 Å². The number of nitrogens with zero attached hydrogens (tertiary/aromatic N) is 4. The van der Waals surface area contributed by atoms with Gasteiger partial charge in [-0.1, -0.05) is 60.4 Å². The first-order chi connectivity index (χ1) is 18.3. The maximum Gasteiger partial charge on any atom is 0.433 e. The minimum absolute atomic E-state index is 0.0298. The standard InChI is InChI=1S/C27H22BrClF3N5OS/c1-26(2,3)14-6-9-16-17(12-33)25(39-19(16)10-14)35-24(38)22-21(29)23-34-18(13-4-7-15(28)8-5-13)11-20(27(30,31)32)37(23)36-22/h4-5,7-8,11,14H,6,9-10H2,1-3H3,(H,35,38)/t14-/m0/s1. The summed E-state index contributed by atoms with van der Waals surface area (Å²) in [6.07, 6.45) is -2.35. The normalized spacial score (nSPS) is 15.7. The van der Waals surface area contributed by atoms with Crippen LogP contribution >= 0.6 is 38.9 Å². The molecule has 4 aromatic rings. The lowest BCUT2D eigenvalue weighted by molar-refractivity contribution is -0.142. The summed E-state index contributed by atoms with van der Waals surface area (Å²) < 4.78 is 43.4. The van der Waals surface area contributed by atoms with E-state index in [4.69, 9.17) is 11.6 Å². The fourth-order valence-corrected chi connectivity index (χ4v) is 6.58. The van der Waals surface area contributed by atoms with Crippen LogP contribution in [0.5, 0.6) is 0 Å². The average molecular weight is 637 g/mol. The number of carbonyl (C=O) groups excluding carboxylic acids is 1. The van der Waals surface area contributed by atoms with Crippen LogP contribution < -0.4 is 5.32 Å². The third-order valence-corrected chi connectivity index (χ3v) is 9.05. The maximum atomic E-state index is 14.0. The smallest absolute Gasteiger partial charge is 0.311 e. The van der Waals surface area contributed by atoms with Crippen molar-refractivity contribution in [2.45, 2.75) is 46.2 Å². The Kier molecular flexibility index (Phi) is 7.02. The van der Waals surface area contributed by atoms with Crippen LogP contribution in [0.3, 0.4) is 0 Å². The lowest BCUT2D eigenvalue weighted by Crippen LogP contribution is -2.26. The molecule has 0 fully saturated rings. The Bertz CT molecular complexity index is 1650. The number of hydrogen-bond acceptors (Lipinski definition) is 5. The molecule has 1 atom stereocenters. The highest BCUT2D eigenvalue weighted by Gasteiger charge is 2.37. The van der Waals surface area contributed by atoms with E-state index in [1.54, 1.807) is 24.3 Å². The lowest BCUT2D eigenvalue weighted by Gasteiger charge is -2.33. The van der Waals surface area contributed by atoms with Gasteiger partial charge in [-0.15, -0.1) is 11.3 Å². The Morgan fingerprint density at radius 2 is 1.95 bits per heavy atom. The molecule has 12 heteroatoms. The number of fused-ring (bicyclic) bond motifs is 2. The summed E-state index contributed by atoms with van der Waals surface area (Å²) >= 11 is 11.0. The Balaban J connectivity index is 1.54. The predicted octanol–water partition coefficient (Wildman–Crippen LogP) is 8.17. The van der Waals surface area contributed by atoms with E-state index in [0.29, 0.717) is 26.6 Å². The maximum absolute atomic E-state index is 14.0. The van der Waals surface area contributed by atoms with Gasteiger partial charge in [0.05, 0.1) is 11.3 Å². The number of nitriles is 1. The van der Waals surface area contributed by atoms with Gasteiger partial charge >= 0.3 is 6.18 Å². The molecular weight excluding hydrogens is 615 g/mol. The fraction of sp³-hybridized carbons (Fsp3) is 0.333. The summed E-state index contributed by atoms with van der Waals surface area (Å²) in [5.41, 5.74) is 0.0259. The number of thiophene rings is 1. The molecule has 1 aliphatic carbocycles. The highest BCUT2D eigenvalue weighted by Crippen LogP contribution is 2.44. The minimum Gasteiger partial charge on any atom is -0.311 e. The number of rotatable bonds is 3. The van der Waals surface area contributed by atoms with Crippen LogP contribution in [0.2, 0.25) is 5.02 Å².